The summed E-state index contributed by atoms with van der Waals surface area (Å²) in [4.78, 5) is 22.4. The van der Waals surface area contributed by atoms with Gasteiger partial charge in [-0.15, -0.1) is 0 Å². The fourth-order valence-corrected chi connectivity index (χ4v) is 3.29. The molecule has 0 saturated heterocycles. The van der Waals surface area contributed by atoms with E-state index in [0.717, 1.165) is 0 Å². The lowest BCUT2D eigenvalue weighted by atomic mass is 9.77. The predicted octanol–water partition coefficient (Wildman–Crippen LogP) is 3.94. The molecule has 1 saturated carbocycles. The van der Waals surface area contributed by atoms with Crippen molar-refractivity contribution < 1.29 is 19.8 Å². The summed E-state index contributed by atoms with van der Waals surface area (Å²) < 4.78 is 0. The van der Waals surface area contributed by atoms with Gasteiger partial charge in [-0.3, -0.25) is 9.59 Å². The highest BCUT2D eigenvalue weighted by Crippen LogP contribution is 2.35. The van der Waals surface area contributed by atoms with Crippen LogP contribution in [0, 0.1) is 0 Å². The van der Waals surface area contributed by atoms with Crippen molar-refractivity contribution >= 4 is 11.9 Å². The first-order chi connectivity index (χ1) is 10.4. The zero-order valence-electron chi connectivity index (χ0n) is 13.0. The van der Waals surface area contributed by atoms with Gasteiger partial charge < -0.3 is 10.2 Å². The van der Waals surface area contributed by atoms with E-state index in [2.05, 4.69) is 0 Å². The van der Waals surface area contributed by atoms with Gasteiger partial charge in [0.25, 0.3) is 0 Å². The second-order valence-corrected chi connectivity index (χ2v) is 6.49. The van der Waals surface area contributed by atoms with Crippen LogP contribution in [0.3, 0.4) is 0 Å². The quantitative estimate of drug-likeness (QED) is 0.834. The first-order valence-corrected chi connectivity index (χ1v) is 7.99. The third-order valence-electron chi connectivity index (χ3n) is 4.94. The van der Waals surface area contributed by atoms with Crippen molar-refractivity contribution in [1.29, 1.82) is 0 Å². The van der Waals surface area contributed by atoms with Gasteiger partial charge in [-0.1, -0.05) is 43.5 Å². The van der Waals surface area contributed by atoms with Crippen molar-refractivity contribution in [3.63, 3.8) is 0 Å². The SMILES string of the molecule is CC(CCC(=O)O)(C(=O)O)c1ccc(C2CCCCC2)cc1. The Balaban J connectivity index is 2.18. The third-order valence-corrected chi connectivity index (χ3v) is 4.94. The highest BCUT2D eigenvalue weighted by molar-refractivity contribution is 5.81. The summed E-state index contributed by atoms with van der Waals surface area (Å²) in [6.45, 7) is 1.61. The van der Waals surface area contributed by atoms with Crippen LogP contribution in [0.1, 0.15) is 68.9 Å². The van der Waals surface area contributed by atoms with Gasteiger partial charge in [0.15, 0.2) is 0 Å². The Labute approximate surface area is 131 Å². The van der Waals surface area contributed by atoms with Gasteiger partial charge >= 0.3 is 11.9 Å². The van der Waals surface area contributed by atoms with E-state index >= 15 is 0 Å². The molecule has 0 spiro atoms. The topological polar surface area (TPSA) is 74.6 Å². The second-order valence-electron chi connectivity index (χ2n) is 6.49. The van der Waals surface area contributed by atoms with Crippen LogP contribution in [-0.4, -0.2) is 22.2 Å². The first kappa shape index (κ1) is 16.5. The van der Waals surface area contributed by atoms with Crippen LogP contribution < -0.4 is 0 Å². The molecule has 0 radical (unpaired) electrons. The van der Waals surface area contributed by atoms with E-state index in [-0.39, 0.29) is 12.8 Å². The number of aliphatic carboxylic acids is 2. The number of carboxylic acids is 2. The Morgan fingerprint density at radius 1 is 1.09 bits per heavy atom. The van der Waals surface area contributed by atoms with Crippen molar-refractivity contribution in [2.24, 2.45) is 0 Å². The van der Waals surface area contributed by atoms with Crippen LogP contribution in [0.15, 0.2) is 24.3 Å². The van der Waals surface area contributed by atoms with Gasteiger partial charge in [0, 0.05) is 6.42 Å². The summed E-state index contributed by atoms with van der Waals surface area (Å²) in [5.74, 6) is -1.36. The Morgan fingerprint density at radius 3 is 2.18 bits per heavy atom. The van der Waals surface area contributed by atoms with E-state index in [4.69, 9.17) is 5.11 Å². The lowest BCUT2D eigenvalue weighted by Crippen LogP contribution is -2.33. The Morgan fingerprint density at radius 2 is 1.68 bits per heavy atom. The van der Waals surface area contributed by atoms with Gasteiger partial charge in [0.1, 0.15) is 0 Å². The standard InChI is InChI=1S/C18H24O4/c1-18(17(21)22,12-11-16(19)20)15-9-7-14(8-10-15)13-5-3-2-4-6-13/h7-10,13H,2-6,11-12H2,1H3,(H,19,20)(H,21,22). The van der Waals surface area contributed by atoms with Crippen molar-refractivity contribution in [2.45, 2.75) is 63.2 Å². The summed E-state index contributed by atoms with van der Waals surface area (Å²) in [6, 6.07) is 7.76. The molecule has 0 amide bonds. The van der Waals surface area contributed by atoms with Gasteiger partial charge in [-0.2, -0.15) is 0 Å². The lowest BCUT2D eigenvalue weighted by molar-refractivity contribution is -0.144. The maximum Gasteiger partial charge on any atom is 0.313 e. The summed E-state index contributed by atoms with van der Waals surface area (Å²) in [5.41, 5.74) is 0.805. The average molecular weight is 304 g/mol. The maximum absolute atomic E-state index is 11.6. The van der Waals surface area contributed by atoms with E-state index in [9.17, 15) is 14.7 Å². The normalized spacial score (nSPS) is 18.6. The minimum atomic E-state index is -1.15. The van der Waals surface area contributed by atoms with Gasteiger partial charge in [-0.05, 0) is 43.2 Å². The van der Waals surface area contributed by atoms with Crippen molar-refractivity contribution in [2.75, 3.05) is 0 Å². The summed E-state index contributed by atoms with van der Waals surface area (Å²) in [7, 11) is 0. The highest BCUT2D eigenvalue weighted by atomic mass is 16.4. The van der Waals surface area contributed by atoms with Gasteiger partial charge in [0.2, 0.25) is 0 Å². The van der Waals surface area contributed by atoms with E-state index in [0.29, 0.717) is 11.5 Å². The van der Waals surface area contributed by atoms with Crippen LogP contribution in [0.25, 0.3) is 0 Å². The van der Waals surface area contributed by atoms with E-state index in [1.165, 1.54) is 37.7 Å². The Bertz CT molecular complexity index is 529. The average Bonchev–Trinajstić information content (AvgIpc) is 2.53. The van der Waals surface area contributed by atoms with E-state index < -0.39 is 17.4 Å². The molecule has 1 aliphatic carbocycles. The number of carboxylic acid groups (broad SMARTS) is 2. The Kier molecular flexibility index (Phi) is 5.22. The molecule has 2 N–H and O–H groups in total. The zero-order valence-corrected chi connectivity index (χ0v) is 13.0. The molecule has 0 aromatic heterocycles. The molecule has 1 fully saturated rings. The van der Waals surface area contributed by atoms with E-state index in [1.54, 1.807) is 6.92 Å². The maximum atomic E-state index is 11.6. The molecule has 1 unspecified atom stereocenters. The molecule has 1 aromatic carbocycles. The van der Waals surface area contributed by atoms with Crippen molar-refractivity contribution in [3.05, 3.63) is 35.4 Å². The largest absolute Gasteiger partial charge is 0.481 e. The highest BCUT2D eigenvalue weighted by Gasteiger charge is 2.35. The monoisotopic (exact) mass is 304 g/mol. The molecule has 1 aromatic rings. The summed E-state index contributed by atoms with van der Waals surface area (Å²) in [5, 5.41) is 18.4. The van der Waals surface area contributed by atoms with Gasteiger partial charge in [-0.25, -0.2) is 0 Å². The molecular formula is C18H24O4. The van der Waals surface area contributed by atoms with Gasteiger partial charge in [0.05, 0.1) is 5.41 Å². The smallest absolute Gasteiger partial charge is 0.313 e. The molecule has 4 nitrogen and oxygen atoms in total. The molecule has 0 heterocycles. The Hall–Kier alpha value is -1.84. The molecule has 22 heavy (non-hydrogen) atoms. The van der Waals surface area contributed by atoms with Crippen LogP contribution in [0.4, 0.5) is 0 Å². The molecule has 2 rings (SSSR count). The van der Waals surface area contributed by atoms with Crippen LogP contribution in [0.2, 0.25) is 0 Å². The second kappa shape index (κ2) is 6.95. The lowest BCUT2D eigenvalue weighted by Gasteiger charge is -2.26. The fraction of sp³-hybridized carbons (Fsp3) is 0.556. The molecule has 1 aliphatic rings. The summed E-state index contributed by atoms with van der Waals surface area (Å²) >= 11 is 0. The third kappa shape index (κ3) is 3.67. The van der Waals surface area contributed by atoms with Crippen LogP contribution >= 0.6 is 0 Å². The molecular weight excluding hydrogens is 280 g/mol. The predicted molar refractivity (Wildman–Crippen MR) is 84.1 cm³/mol. The molecule has 1 atom stereocenters. The number of rotatable bonds is 6. The van der Waals surface area contributed by atoms with Crippen molar-refractivity contribution in [3.8, 4) is 0 Å². The molecule has 0 aliphatic heterocycles. The fourth-order valence-electron chi connectivity index (χ4n) is 3.29. The van der Waals surface area contributed by atoms with Crippen LogP contribution in [-0.2, 0) is 15.0 Å². The van der Waals surface area contributed by atoms with Crippen molar-refractivity contribution in [1.82, 2.24) is 0 Å². The minimum Gasteiger partial charge on any atom is -0.481 e. The van der Waals surface area contributed by atoms with Crippen LogP contribution in [0.5, 0.6) is 0 Å². The molecule has 120 valence electrons. The van der Waals surface area contributed by atoms with E-state index in [1.807, 2.05) is 24.3 Å². The molecule has 0 bridgehead atoms. The summed E-state index contributed by atoms with van der Waals surface area (Å²) in [6.07, 6.45) is 6.19. The number of hydrogen-bond acceptors (Lipinski definition) is 2. The minimum absolute atomic E-state index is 0.0977. The number of benzene rings is 1. The number of carbonyl (C=O) groups is 2. The first-order valence-electron chi connectivity index (χ1n) is 7.99. The molecule has 4 heteroatoms. The number of hydrogen-bond donors (Lipinski definition) is 2. The zero-order chi connectivity index (χ0) is 16.2.